The summed E-state index contributed by atoms with van der Waals surface area (Å²) in [5.41, 5.74) is 1.66. The lowest BCUT2D eigenvalue weighted by atomic mass is 10.1. The molecule has 0 bridgehead atoms. The van der Waals surface area contributed by atoms with Gasteiger partial charge >= 0.3 is 0 Å². The van der Waals surface area contributed by atoms with Crippen LogP contribution in [-0.4, -0.2) is 11.7 Å². The van der Waals surface area contributed by atoms with Gasteiger partial charge < -0.3 is 5.11 Å². The average Bonchev–Trinajstić information content (AvgIpc) is 2.10. The highest BCUT2D eigenvalue weighted by Gasteiger charge is 2.02. The third kappa shape index (κ3) is 2.64. The number of benzene rings is 1. The molecule has 0 aliphatic rings. The van der Waals surface area contributed by atoms with Gasteiger partial charge in [0.1, 0.15) is 5.82 Å². The molecule has 1 nitrogen and oxygen atoms in total. The van der Waals surface area contributed by atoms with Gasteiger partial charge in [0.15, 0.2) is 0 Å². The van der Waals surface area contributed by atoms with E-state index in [0.29, 0.717) is 10.9 Å². The van der Waals surface area contributed by atoms with Crippen molar-refractivity contribution in [3.05, 3.63) is 40.6 Å². The van der Waals surface area contributed by atoms with Crippen molar-refractivity contribution in [1.29, 1.82) is 0 Å². The predicted octanol–water partition coefficient (Wildman–Crippen LogP) is 2.98. The highest BCUT2D eigenvalue weighted by atomic mass is 79.9. The van der Waals surface area contributed by atoms with Crippen LogP contribution in [0.25, 0.3) is 5.57 Å². The van der Waals surface area contributed by atoms with E-state index in [-0.39, 0.29) is 12.4 Å². The molecule has 0 saturated carbocycles. The molecule has 1 rings (SSSR count). The van der Waals surface area contributed by atoms with Crippen molar-refractivity contribution in [3.8, 4) is 0 Å². The van der Waals surface area contributed by atoms with Gasteiger partial charge in [0.2, 0.25) is 0 Å². The summed E-state index contributed by atoms with van der Waals surface area (Å²) in [6, 6.07) is 4.69. The van der Waals surface area contributed by atoms with E-state index in [9.17, 15) is 4.39 Å². The van der Waals surface area contributed by atoms with Crippen LogP contribution in [0.4, 0.5) is 4.39 Å². The molecule has 0 aromatic heterocycles. The Bertz CT molecular complexity index is 323. The van der Waals surface area contributed by atoms with E-state index in [1.165, 1.54) is 6.07 Å². The van der Waals surface area contributed by atoms with Crippen molar-refractivity contribution in [2.45, 2.75) is 6.42 Å². The van der Waals surface area contributed by atoms with Gasteiger partial charge in [0.25, 0.3) is 0 Å². The minimum Gasteiger partial charge on any atom is -0.396 e. The average molecular weight is 245 g/mol. The molecule has 13 heavy (non-hydrogen) atoms. The second-order valence-corrected chi connectivity index (χ2v) is 3.56. The van der Waals surface area contributed by atoms with Crippen molar-refractivity contribution < 1.29 is 9.50 Å². The maximum absolute atomic E-state index is 12.8. The normalized spacial score (nSPS) is 10.1. The Kier molecular flexibility index (Phi) is 3.63. The first kappa shape index (κ1) is 10.4. The Labute approximate surface area is 85.0 Å². The summed E-state index contributed by atoms with van der Waals surface area (Å²) in [4.78, 5) is 0. The first-order valence-electron chi connectivity index (χ1n) is 3.89. The number of hydrogen-bond acceptors (Lipinski definition) is 1. The molecule has 0 atom stereocenters. The molecule has 0 unspecified atom stereocenters. The summed E-state index contributed by atoms with van der Waals surface area (Å²) in [5, 5.41) is 8.68. The van der Waals surface area contributed by atoms with E-state index in [2.05, 4.69) is 22.5 Å². The lowest BCUT2D eigenvalue weighted by Gasteiger charge is -2.04. The highest BCUT2D eigenvalue weighted by Crippen LogP contribution is 2.22. The van der Waals surface area contributed by atoms with Crippen molar-refractivity contribution in [2.24, 2.45) is 0 Å². The van der Waals surface area contributed by atoms with E-state index < -0.39 is 0 Å². The Morgan fingerprint density at radius 2 is 2.23 bits per heavy atom. The van der Waals surface area contributed by atoms with E-state index in [0.717, 1.165) is 11.1 Å². The first-order chi connectivity index (χ1) is 6.15. The van der Waals surface area contributed by atoms with Gasteiger partial charge in [-0.2, -0.15) is 0 Å². The monoisotopic (exact) mass is 244 g/mol. The van der Waals surface area contributed by atoms with Crippen LogP contribution in [0, 0.1) is 5.82 Å². The molecule has 3 heteroatoms. The fourth-order valence-corrected chi connectivity index (χ4v) is 1.37. The molecule has 0 spiro atoms. The minimum atomic E-state index is -0.291. The Hall–Kier alpha value is -0.670. The van der Waals surface area contributed by atoms with Gasteiger partial charge in [0, 0.05) is 6.61 Å². The minimum absolute atomic E-state index is 0.0633. The zero-order valence-electron chi connectivity index (χ0n) is 7.06. The lowest BCUT2D eigenvalue weighted by Crippen LogP contribution is -1.88. The van der Waals surface area contributed by atoms with Gasteiger partial charge in [-0.3, -0.25) is 0 Å². The number of rotatable bonds is 3. The summed E-state index contributed by atoms with van der Waals surface area (Å²) < 4.78 is 13.2. The third-order valence-corrected chi connectivity index (χ3v) is 2.35. The van der Waals surface area contributed by atoms with Gasteiger partial charge in [-0.25, -0.2) is 4.39 Å². The fourth-order valence-electron chi connectivity index (χ4n) is 0.995. The molecule has 0 aliphatic carbocycles. The lowest BCUT2D eigenvalue weighted by molar-refractivity contribution is 0.305. The summed E-state index contributed by atoms with van der Waals surface area (Å²) in [5.74, 6) is -0.291. The molecule has 1 aromatic carbocycles. The molecule has 1 N–H and O–H groups in total. The molecule has 0 fully saturated rings. The van der Waals surface area contributed by atoms with Crippen molar-refractivity contribution >= 4 is 21.5 Å². The summed E-state index contributed by atoms with van der Waals surface area (Å²) in [6.45, 7) is 3.85. The van der Waals surface area contributed by atoms with Crippen LogP contribution in [0.5, 0.6) is 0 Å². The Morgan fingerprint density at radius 1 is 1.54 bits per heavy atom. The molecule has 0 amide bonds. The topological polar surface area (TPSA) is 20.2 Å². The van der Waals surface area contributed by atoms with E-state index in [4.69, 9.17) is 5.11 Å². The number of aliphatic hydroxyl groups excluding tert-OH is 1. The second kappa shape index (κ2) is 4.53. The maximum atomic E-state index is 12.8. The van der Waals surface area contributed by atoms with E-state index in [1.807, 2.05) is 0 Å². The van der Waals surface area contributed by atoms with Crippen LogP contribution in [0.3, 0.4) is 0 Å². The summed E-state index contributed by atoms with van der Waals surface area (Å²) in [6.07, 6.45) is 0.512. The zero-order valence-corrected chi connectivity index (χ0v) is 8.64. The number of hydrogen-bond donors (Lipinski definition) is 1. The van der Waals surface area contributed by atoms with Crippen LogP contribution in [0.1, 0.15) is 12.0 Å². The number of halogens is 2. The molecular formula is C10H10BrFO. The van der Waals surface area contributed by atoms with Crippen LogP contribution in [0.2, 0.25) is 0 Å². The molecule has 0 heterocycles. The smallest absolute Gasteiger partial charge is 0.137 e. The van der Waals surface area contributed by atoms with Crippen molar-refractivity contribution in [1.82, 2.24) is 0 Å². The predicted molar refractivity (Wildman–Crippen MR) is 54.8 cm³/mol. The largest absolute Gasteiger partial charge is 0.396 e. The fraction of sp³-hybridized carbons (Fsp3) is 0.200. The van der Waals surface area contributed by atoms with Gasteiger partial charge in [0.05, 0.1) is 4.47 Å². The molecule has 0 aliphatic heterocycles. The van der Waals surface area contributed by atoms with Gasteiger partial charge in [-0.1, -0.05) is 12.6 Å². The second-order valence-electron chi connectivity index (χ2n) is 2.71. The molecular weight excluding hydrogens is 235 g/mol. The summed E-state index contributed by atoms with van der Waals surface area (Å²) >= 11 is 3.09. The van der Waals surface area contributed by atoms with Crippen molar-refractivity contribution in [2.75, 3.05) is 6.61 Å². The van der Waals surface area contributed by atoms with Crippen molar-refractivity contribution in [3.63, 3.8) is 0 Å². The Morgan fingerprint density at radius 3 is 2.77 bits per heavy atom. The standard InChI is InChI=1S/C10H10BrFO/c1-7(4-5-13)8-2-3-10(12)9(11)6-8/h2-3,6,13H,1,4-5H2. The van der Waals surface area contributed by atoms with Gasteiger partial charge in [-0.15, -0.1) is 0 Å². The quantitative estimate of drug-likeness (QED) is 0.867. The molecule has 0 radical (unpaired) electrons. The number of aliphatic hydroxyl groups is 1. The molecule has 1 aromatic rings. The van der Waals surface area contributed by atoms with Crippen LogP contribution < -0.4 is 0 Å². The zero-order chi connectivity index (χ0) is 9.84. The van der Waals surface area contributed by atoms with Crippen LogP contribution in [0.15, 0.2) is 29.3 Å². The molecule has 0 saturated heterocycles. The SMILES string of the molecule is C=C(CCO)c1ccc(F)c(Br)c1. The third-order valence-electron chi connectivity index (χ3n) is 1.74. The van der Waals surface area contributed by atoms with Gasteiger partial charge in [-0.05, 0) is 45.6 Å². The van der Waals surface area contributed by atoms with E-state index in [1.54, 1.807) is 12.1 Å². The highest BCUT2D eigenvalue weighted by molar-refractivity contribution is 9.10. The Balaban J connectivity index is 2.90. The van der Waals surface area contributed by atoms with E-state index >= 15 is 0 Å². The summed E-state index contributed by atoms with van der Waals surface area (Å²) in [7, 11) is 0. The van der Waals surface area contributed by atoms with Crippen LogP contribution in [-0.2, 0) is 0 Å². The maximum Gasteiger partial charge on any atom is 0.137 e. The molecule has 70 valence electrons. The first-order valence-corrected chi connectivity index (χ1v) is 4.68. The van der Waals surface area contributed by atoms with Crippen LogP contribution >= 0.6 is 15.9 Å².